The van der Waals surface area contributed by atoms with Crippen LogP contribution in [0.4, 0.5) is 0 Å². The van der Waals surface area contributed by atoms with Crippen LogP contribution >= 0.6 is 0 Å². The van der Waals surface area contributed by atoms with Gasteiger partial charge in [-0.25, -0.2) is 0 Å². The van der Waals surface area contributed by atoms with Gasteiger partial charge in [-0.1, -0.05) is 42.5 Å². The van der Waals surface area contributed by atoms with E-state index in [0.717, 1.165) is 0 Å². The second kappa shape index (κ2) is 4.25. The monoisotopic (exact) mass is 282 g/mol. The average Bonchev–Trinajstić information content (AvgIpc) is 3.14. The lowest BCUT2D eigenvalue weighted by atomic mass is 10.0. The second-order valence-corrected chi connectivity index (χ2v) is 5.60. The van der Waals surface area contributed by atoms with Crippen molar-refractivity contribution in [3.63, 3.8) is 0 Å². The molecule has 0 fully saturated rings. The topological polar surface area (TPSA) is 20.2 Å². The summed E-state index contributed by atoms with van der Waals surface area (Å²) in [6.07, 6.45) is 4.26. The van der Waals surface area contributed by atoms with Crippen molar-refractivity contribution in [2.24, 2.45) is 0 Å². The highest BCUT2D eigenvalue weighted by Crippen LogP contribution is 2.38. The van der Waals surface area contributed by atoms with Crippen LogP contribution in [0.15, 0.2) is 79.1 Å². The predicted octanol–water partition coefficient (Wildman–Crippen LogP) is 5.24. The first-order valence-electron chi connectivity index (χ1n) is 7.48. The highest BCUT2D eigenvalue weighted by molar-refractivity contribution is 6.11. The number of hydrogen-bond acceptors (Lipinski definition) is 0. The Morgan fingerprint density at radius 2 is 1.41 bits per heavy atom. The molecule has 22 heavy (non-hydrogen) atoms. The Morgan fingerprint density at radius 3 is 2.36 bits per heavy atom. The Bertz CT molecular complexity index is 1080. The van der Waals surface area contributed by atoms with Crippen molar-refractivity contribution in [3.05, 3.63) is 79.1 Å². The number of nitrogens with zero attached hydrogens (tertiary/aromatic N) is 1. The van der Waals surface area contributed by atoms with Gasteiger partial charge < -0.3 is 9.38 Å². The highest BCUT2D eigenvalue weighted by Gasteiger charge is 2.15. The van der Waals surface area contributed by atoms with E-state index < -0.39 is 0 Å². The first-order valence-corrected chi connectivity index (χ1v) is 7.48. The smallest absolute Gasteiger partial charge is 0.0541 e. The van der Waals surface area contributed by atoms with Gasteiger partial charge in [0.1, 0.15) is 0 Å². The molecule has 0 saturated carbocycles. The third-order valence-corrected chi connectivity index (χ3v) is 4.41. The summed E-state index contributed by atoms with van der Waals surface area (Å²) in [7, 11) is 0. The molecule has 2 aromatic carbocycles. The van der Waals surface area contributed by atoms with E-state index in [4.69, 9.17) is 0 Å². The second-order valence-electron chi connectivity index (χ2n) is 5.60. The van der Waals surface area contributed by atoms with E-state index in [9.17, 15) is 0 Å². The number of pyridine rings is 1. The maximum atomic E-state index is 3.40. The van der Waals surface area contributed by atoms with Crippen LogP contribution in [0.3, 0.4) is 0 Å². The molecule has 1 N–H and O–H groups in total. The molecule has 5 aromatic rings. The van der Waals surface area contributed by atoms with Gasteiger partial charge in [0.25, 0.3) is 0 Å². The summed E-state index contributed by atoms with van der Waals surface area (Å²) < 4.78 is 2.27. The summed E-state index contributed by atoms with van der Waals surface area (Å²) in [5.41, 5.74) is 6.23. The quantitative estimate of drug-likeness (QED) is 0.434. The Kier molecular flexibility index (Phi) is 2.25. The highest BCUT2D eigenvalue weighted by atomic mass is 14.9. The SMILES string of the molecule is c1ccc2c(-c3c4ccccc4n4ccccc34)c[nH]c2c1. The molecule has 5 rings (SSSR count). The fraction of sp³-hybridized carbons (Fsp3) is 0. The lowest BCUT2D eigenvalue weighted by Crippen LogP contribution is -1.81. The molecule has 2 heteroatoms. The Balaban J connectivity index is 2.02. The van der Waals surface area contributed by atoms with Crippen LogP contribution in [-0.2, 0) is 0 Å². The standard InChI is InChI=1S/C20H14N2/c1-3-9-17-14(7-1)16(13-21-17)20-15-8-2-4-10-18(15)22-12-6-5-11-19(20)22/h1-13,21H. The molecule has 0 unspecified atom stereocenters. The fourth-order valence-corrected chi connectivity index (χ4v) is 3.45. The van der Waals surface area contributed by atoms with Gasteiger partial charge in [0.15, 0.2) is 0 Å². The normalized spacial score (nSPS) is 11.6. The van der Waals surface area contributed by atoms with Crippen LogP contribution in [-0.4, -0.2) is 9.38 Å². The lowest BCUT2D eigenvalue weighted by Gasteiger charge is -2.00. The number of benzene rings is 2. The zero-order valence-electron chi connectivity index (χ0n) is 12.0. The largest absolute Gasteiger partial charge is 0.361 e. The number of nitrogens with one attached hydrogen (secondary N) is 1. The summed E-state index contributed by atoms with van der Waals surface area (Å²) in [5.74, 6) is 0. The Hall–Kier alpha value is -3.00. The van der Waals surface area contributed by atoms with Gasteiger partial charge in [0.05, 0.1) is 11.0 Å². The number of aromatic nitrogens is 2. The van der Waals surface area contributed by atoms with Crippen LogP contribution in [0.5, 0.6) is 0 Å². The summed E-state index contributed by atoms with van der Waals surface area (Å²) in [6.45, 7) is 0. The lowest BCUT2D eigenvalue weighted by molar-refractivity contribution is 1.25. The summed E-state index contributed by atoms with van der Waals surface area (Å²) in [6, 6.07) is 23.4. The molecule has 2 nitrogen and oxygen atoms in total. The number of rotatable bonds is 1. The van der Waals surface area contributed by atoms with Crippen molar-refractivity contribution in [2.75, 3.05) is 0 Å². The molecule has 0 saturated heterocycles. The number of hydrogen-bond donors (Lipinski definition) is 1. The van der Waals surface area contributed by atoms with Gasteiger partial charge in [-0.15, -0.1) is 0 Å². The van der Waals surface area contributed by atoms with Crippen LogP contribution in [0.25, 0.3) is 38.4 Å². The van der Waals surface area contributed by atoms with E-state index in [2.05, 4.69) is 88.5 Å². The maximum Gasteiger partial charge on any atom is 0.0541 e. The van der Waals surface area contributed by atoms with Crippen LogP contribution < -0.4 is 0 Å². The molecular formula is C20H14N2. The van der Waals surface area contributed by atoms with E-state index in [0.29, 0.717) is 0 Å². The van der Waals surface area contributed by atoms with E-state index in [1.165, 1.54) is 38.4 Å². The van der Waals surface area contributed by atoms with Gasteiger partial charge in [0.2, 0.25) is 0 Å². The molecule has 3 heterocycles. The van der Waals surface area contributed by atoms with Gasteiger partial charge in [0, 0.05) is 39.8 Å². The van der Waals surface area contributed by atoms with Crippen molar-refractivity contribution in [2.45, 2.75) is 0 Å². The minimum atomic E-state index is 1.18. The minimum Gasteiger partial charge on any atom is -0.361 e. The third kappa shape index (κ3) is 1.44. The Morgan fingerprint density at radius 1 is 0.682 bits per heavy atom. The summed E-state index contributed by atoms with van der Waals surface area (Å²) in [4.78, 5) is 3.40. The number of H-pyrrole nitrogens is 1. The number of fused-ring (bicyclic) bond motifs is 4. The van der Waals surface area contributed by atoms with Crippen molar-refractivity contribution < 1.29 is 0 Å². The van der Waals surface area contributed by atoms with Crippen molar-refractivity contribution in [1.82, 2.24) is 9.38 Å². The molecule has 0 bridgehead atoms. The van der Waals surface area contributed by atoms with Crippen molar-refractivity contribution in [3.8, 4) is 11.1 Å². The molecule has 0 atom stereocenters. The van der Waals surface area contributed by atoms with Crippen molar-refractivity contribution >= 4 is 27.3 Å². The molecular weight excluding hydrogens is 268 g/mol. The van der Waals surface area contributed by atoms with Gasteiger partial charge in [-0.3, -0.25) is 0 Å². The maximum absolute atomic E-state index is 3.40. The van der Waals surface area contributed by atoms with E-state index in [1.54, 1.807) is 0 Å². The number of para-hydroxylation sites is 2. The zero-order valence-corrected chi connectivity index (χ0v) is 12.0. The predicted molar refractivity (Wildman–Crippen MR) is 92.2 cm³/mol. The van der Waals surface area contributed by atoms with E-state index in [-0.39, 0.29) is 0 Å². The third-order valence-electron chi connectivity index (χ3n) is 4.41. The van der Waals surface area contributed by atoms with Crippen molar-refractivity contribution in [1.29, 1.82) is 0 Å². The van der Waals surface area contributed by atoms with Crippen LogP contribution in [0, 0.1) is 0 Å². The van der Waals surface area contributed by atoms with Gasteiger partial charge >= 0.3 is 0 Å². The molecule has 104 valence electrons. The Labute approximate surface area is 127 Å². The molecule has 0 aliphatic heterocycles. The van der Waals surface area contributed by atoms with Gasteiger partial charge in [-0.2, -0.15) is 0 Å². The molecule has 3 aromatic heterocycles. The van der Waals surface area contributed by atoms with E-state index >= 15 is 0 Å². The number of aromatic amines is 1. The average molecular weight is 282 g/mol. The molecule has 0 amide bonds. The van der Waals surface area contributed by atoms with Crippen LogP contribution in [0.1, 0.15) is 0 Å². The molecule has 0 spiro atoms. The molecule has 0 aliphatic carbocycles. The minimum absolute atomic E-state index is 1.18. The van der Waals surface area contributed by atoms with E-state index in [1.807, 2.05) is 0 Å². The van der Waals surface area contributed by atoms with Gasteiger partial charge in [-0.05, 0) is 24.3 Å². The first-order chi connectivity index (χ1) is 10.9. The first kappa shape index (κ1) is 11.6. The summed E-state index contributed by atoms with van der Waals surface area (Å²) >= 11 is 0. The van der Waals surface area contributed by atoms with Crippen LogP contribution in [0.2, 0.25) is 0 Å². The fourth-order valence-electron chi connectivity index (χ4n) is 3.45. The summed E-state index contributed by atoms with van der Waals surface area (Å²) in [5, 5.41) is 2.56. The molecule has 0 aliphatic rings. The zero-order chi connectivity index (χ0) is 14.5. The molecule has 0 radical (unpaired) electrons.